The third kappa shape index (κ3) is 7.93. The molecule has 2 rings (SSSR count). The third-order valence-electron chi connectivity index (χ3n) is 5.11. The monoisotopic (exact) mass is 415 g/mol. The topological polar surface area (TPSA) is 47.6 Å². The predicted octanol–water partition coefficient (Wildman–Crippen LogP) is 7.08. The Hall–Kier alpha value is -2.27. The number of nitrogens with one attached hydrogen (secondary N) is 1. The molecular weight excluding hydrogens is 378 g/mol. The van der Waals surface area contributed by atoms with E-state index in [4.69, 9.17) is 9.16 Å². The van der Waals surface area contributed by atoms with Gasteiger partial charge >= 0.3 is 6.09 Å². The van der Waals surface area contributed by atoms with Gasteiger partial charge < -0.3 is 14.5 Å². The molecule has 0 aromatic heterocycles. The lowest BCUT2D eigenvalue weighted by Crippen LogP contribution is -2.43. The molecule has 0 bridgehead atoms. The van der Waals surface area contributed by atoms with Crippen LogP contribution >= 0.6 is 0 Å². The number of benzene rings is 2. The van der Waals surface area contributed by atoms with Crippen LogP contribution in [0.4, 0.5) is 4.79 Å². The summed E-state index contributed by atoms with van der Waals surface area (Å²) in [5.41, 5.74) is 1.97. The molecule has 0 heterocycles. The smallest absolute Gasteiger partial charge is 0.407 e. The minimum atomic E-state index is -1.85. The molecule has 0 saturated carbocycles. The van der Waals surface area contributed by atoms with Crippen molar-refractivity contribution >= 4 is 14.4 Å². The molecule has 0 spiro atoms. The molecule has 4 nitrogen and oxygen atoms in total. The van der Waals surface area contributed by atoms with E-state index in [9.17, 15) is 4.79 Å². The van der Waals surface area contributed by atoms with Crippen LogP contribution in [0.3, 0.4) is 0 Å². The number of amides is 1. The number of carbonyl (C=O) groups is 1. The zero-order chi connectivity index (χ0) is 22.1. The van der Waals surface area contributed by atoms with Crippen molar-refractivity contribution in [1.29, 1.82) is 0 Å². The van der Waals surface area contributed by atoms with E-state index < -0.39 is 14.4 Å². The van der Waals surface area contributed by atoms with E-state index in [1.165, 1.54) is 0 Å². The fourth-order valence-electron chi connectivity index (χ4n) is 2.30. The Morgan fingerprint density at radius 2 is 1.55 bits per heavy atom. The van der Waals surface area contributed by atoms with Gasteiger partial charge in [-0.15, -0.1) is 0 Å². The van der Waals surface area contributed by atoms with Crippen molar-refractivity contribution in [2.24, 2.45) is 0 Å². The molecule has 0 unspecified atom stereocenters. The summed E-state index contributed by atoms with van der Waals surface area (Å²) in [6.45, 7) is 17.3. The SMILES string of the molecule is CC.C[C@H](NC(=O)OCc1ccccc1)c1ccc(O[Si](C)(C)C(C)(C)C)cc1. The van der Waals surface area contributed by atoms with Crippen LogP contribution in [0, 0.1) is 0 Å². The molecule has 29 heavy (non-hydrogen) atoms. The maximum atomic E-state index is 12.0. The zero-order valence-electron chi connectivity index (χ0n) is 19.2. The molecule has 5 heteroatoms. The van der Waals surface area contributed by atoms with Gasteiger partial charge in [-0.05, 0) is 48.3 Å². The van der Waals surface area contributed by atoms with Gasteiger partial charge in [-0.2, -0.15) is 0 Å². The molecule has 160 valence electrons. The third-order valence-corrected chi connectivity index (χ3v) is 9.46. The summed E-state index contributed by atoms with van der Waals surface area (Å²) in [6.07, 6.45) is -0.423. The lowest BCUT2D eigenvalue weighted by molar-refractivity contribution is 0.136. The molecule has 1 atom stereocenters. The summed E-state index contributed by atoms with van der Waals surface area (Å²) in [5, 5.41) is 3.02. The normalized spacial score (nSPS) is 12.3. The standard InChI is InChI=1S/C22H31NO3Si.C2H6/c1-17(23-21(24)25-16-18-10-8-7-9-11-18)19-12-14-20(15-13-19)26-27(5,6)22(2,3)4;1-2/h7-15,17H,16H2,1-6H3,(H,23,24);1-2H3/t17-;/m0./s1. The molecule has 0 radical (unpaired) electrons. The van der Waals surface area contributed by atoms with E-state index in [1.54, 1.807) is 0 Å². The maximum Gasteiger partial charge on any atom is 0.407 e. The molecule has 2 aromatic carbocycles. The number of rotatable bonds is 6. The second-order valence-corrected chi connectivity index (χ2v) is 13.1. The van der Waals surface area contributed by atoms with Gasteiger partial charge in [-0.1, -0.05) is 77.1 Å². The summed E-state index contributed by atoms with van der Waals surface area (Å²) in [6, 6.07) is 17.4. The Kier molecular flexibility index (Phi) is 9.44. The summed E-state index contributed by atoms with van der Waals surface area (Å²) in [7, 11) is -1.85. The molecule has 0 saturated heterocycles. The van der Waals surface area contributed by atoms with Gasteiger partial charge in [0.1, 0.15) is 12.4 Å². The first-order valence-corrected chi connectivity index (χ1v) is 13.3. The van der Waals surface area contributed by atoms with E-state index in [0.29, 0.717) is 0 Å². The van der Waals surface area contributed by atoms with Gasteiger partial charge in [0.15, 0.2) is 0 Å². The summed E-state index contributed by atoms with van der Waals surface area (Å²) >= 11 is 0. The second-order valence-electron chi connectivity index (χ2n) is 8.36. The van der Waals surface area contributed by atoms with Gasteiger partial charge in [-0.25, -0.2) is 4.79 Å². The highest BCUT2D eigenvalue weighted by atomic mass is 28.4. The van der Waals surface area contributed by atoms with Crippen LogP contribution in [-0.4, -0.2) is 14.4 Å². The largest absolute Gasteiger partial charge is 0.544 e. The van der Waals surface area contributed by atoms with Crippen molar-refractivity contribution < 1.29 is 14.0 Å². The van der Waals surface area contributed by atoms with Crippen LogP contribution in [0.25, 0.3) is 0 Å². The Labute approximate surface area is 177 Å². The molecule has 2 aromatic rings. The zero-order valence-corrected chi connectivity index (χ0v) is 20.2. The van der Waals surface area contributed by atoms with E-state index in [2.05, 4.69) is 39.2 Å². The summed E-state index contributed by atoms with van der Waals surface area (Å²) in [5.74, 6) is 0.879. The molecule has 0 fully saturated rings. The van der Waals surface area contributed by atoms with E-state index >= 15 is 0 Å². The van der Waals surface area contributed by atoms with Crippen molar-refractivity contribution in [2.75, 3.05) is 0 Å². The van der Waals surface area contributed by atoms with Crippen molar-refractivity contribution in [2.45, 2.75) is 72.3 Å². The van der Waals surface area contributed by atoms with Crippen molar-refractivity contribution in [1.82, 2.24) is 5.32 Å². The highest BCUT2D eigenvalue weighted by Gasteiger charge is 2.38. The maximum absolute atomic E-state index is 12.0. The molecule has 1 amide bonds. The molecule has 0 aliphatic rings. The van der Waals surface area contributed by atoms with E-state index in [0.717, 1.165) is 16.9 Å². The number of ether oxygens (including phenoxy) is 1. The quantitative estimate of drug-likeness (QED) is 0.513. The molecule has 0 aliphatic carbocycles. The Balaban J connectivity index is 0.00000204. The lowest BCUT2D eigenvalue weighted by Gasteiger charge is -2.36. The minimum Gasteiger partial charge on any atom is -0.544 e. The average molecular weight is 416 g/mol. The summed E-state index contributed by atoms with van der Waals surface area (Å²) < 4.78 is 11.6. The van der Waals surface area contributed by atoms with Crippen molar-refractivity contribution in [3.8, 4) is 5.75 Å². The van der Waals surface area contributed by atoms with Crippen LogP contribution in [-0.2, 0) is 11.3 Å². The highest BCUT2D eigenvalue weighted by molar-refractivity contribution is 6.74. The first-order chi connectivity index (χ1) is 13.6. The van der Waals surface area contributed by atoms with Crippen molar-refractivity contribution in [3.05, 3.63) is 65.7 Å². The molecule has 0 aliphatic heterocycles. The fourth-order valence-corrected chi connectivity index (χ4v) is 3.33. The van der Waals surface area contributed by atoms with Gasteiger partial charge in [0.05, 0.1) is 6.04 Å². The van der Waals surface area contributed by atoms with Gasteiger partial charge in [0.25, 0.3) is 0 Å². The van der Waals surface area contributed by atoms with Crippen LogP contribution in [0.1, 0.15) is 58.7 Å². The Morgan fingerprint density at radius 3 is 2.07 bits per heavy atom. The van der Waals surface area contributed by atoms with E-state index in [1.807, 2.05) is 75.4 Å². The number of carbonyl (C=O) groups excluding carboxylic acids is 1. The minimum absolute atomic E-state index is 0.143. The highest BCUT2D eigenvalue weighted by Crippen LogP contribution is 2.37. The summed E-state index contributed by atoms with van der Waals surface area (Å²) in [4.78, 5) is 12.0. The number of hydrogen-bond acceptors (Lipinski definition) is 3. The van der Waals surface area contributed by atoms with Crippen molar-refractivity contribution in [3.63, 3.8) is 0 Å². The van der Waals surface area contributed by atoms with E-state index in [-0.39, 0.29) is 17.7 Å². The van der Waals surface area contributed by atoms with Crippen LogP contribution in [0.15, 0.2) is 54.6 Å². The first kappa shape index (κ1) is 24.8. The van der Waals surface area contributed by atoms with Crippen LogP contribution < -0.4 is 9.74 Å². The van der Waals surface area contributed by atoms with Gasteiger partial charge in [-0.3, -0.25) is 0 Å². The second kappa shape index (κ2) is 11.1. The first-order valence-electron chi connectivity index (χ1n) is 10.3. The molecular formula is C24H37NO3Si. The van der Waals surface area contributed by atoms with Gasteiger partial charge in [0, 0.05) is 0 Å². The predicted molar refractivity (Wildman–Crippen MR) is 124 cm³/mol. The average Bonchev–Trinajstić information content (AvgIpc) is 2.68. The van der Waals surface area contributed by atoms with Gasteiger partial charge in [0.2, 0.25) is 8.32 Å². The Morgan fingerprint density at radius 1 is 1.00 bits per heavy atom. The Bertz CT molecular complexity index is 737. The van der Waals surface area contributed by atoms with Crippen LogP contribution in [0.5, 0.6) is 5.75 Å². The lowest BCUT2D eigenvalue weighted by atomic mass is 10.1. The molecule has 1 N–H and O–H groups in total. The number of hydrogen-bond donors (Lipinski definition) is 1. The van der Waals surface area contributed by atoms with Crippen LogP contribution in [0.2, 0.25) is 18.1 Å². The number of alkyl carbamates (subject to hydrolysis) is 1. The fraction of sp³-hybridized carbons (Fsp3) is 0.458.